The van der Waals surface area contributed by atoms with Gasteiger partial charge in [0.15, 0.2) is 0 Å². The zero-order valence-electron chi connectivity index (χ0n) is 12.5. The van der Waals surface area contributed by atoms with Gasteiger partial charge < -0.3 is 4.74 Å². The molecular weight excluding hydrogens is 318 g/mol. The Kier molecular flexibility index (Phi) is 3.68. The van der Waals surface area contributed by atoms with E-state index in [0.29, 0.717) is 13.2 Å². The molecule has 2 aromatic rings. The van der Waals surface area contributed by atoms with E-state index in [1.54, 1.807) is 10.9 Å². The van der Waals surface area contributed by atoms with Crippen LogP contribution in [0.1, 0.15) is 23.6 Å². The molecule has 0 saturated carbocycles. The highest BCUT2D eigenvalue weighted by atomic mass is 32.2. The summed E-state index contributed by atoms with van der Waals surface area (Å²) in [7, 11) is -3.73. The summed E-state index contributed by atoms with van der Waals surface area (Å²) < 4.78 is 33.5. The van der Waals surface area contributed by atoms with Gasteiger partial charge in [-0.3, -0.25) is 9.52 Å². The SMILES string of the molecule is O=S(=O)(c1cnn(C2CCOC2)c1)N1Cc2ccccc2CO1. The van der Waals surface area contributed by atoms with Crippen molar-refractivity contribution in [3.8, 4) is 0 Å². The maximum atomic E-state index is 12.7. The Labute approximate surface area is 134 Å². The Morgan fingerprint density at radius 2 is 2.04 bits per heavy atom. The van der Waals surface area contributed by atoms with Gasteiger partial charge in [-0.05, 0) is 17.5 Å². The molecule has 2 aliphatic rings. The number of hydroxylamine groups is 1. The van der Waals surface area contributed by atoms with Crippen molar-refractivity contribution in [3.63, 3.8) is 0 Å². The van der Waals surface area contributed by atoms with E-state index in [0.717, 1.165) is 22.0 Å². The highest BCUT2D eigenvalue weighted by Gasteiger charge is 2.31. The highest BCUT2D eigenvalue weighted by molar-refractivity contribution is 7.89. The third kappa shape index (κ3) is 2.67. The molecule has 122 valence electrons. The third-order valence-corrected chi connectivity index (χ3v) is 5.78. The molecule has 8 heteroatoms. The Bertz CT molecular complexity index is 812. The van der Waals surface area contributed by atoms with Crippen LogP contribution in [-0.2, 0) is 32.7 Å². The van der Waals surface area contributed by atoms with Crippen LogP contribution in [0.25, 0.3) is 0 Å². The largest absolute Gasteiger partial charge is 0.379 e. The Morgan fingerprint density at radius 3 is 2.83 bits per heavy atom. The quantitative estimate of drug-likeness (QED) is 0.849. The van der Waals surface area contributed by atoms with E-state index in [4.69, 9.17) is 9.57 Å². The molecule has 1 saturated heterocycles. The highest BCUT2D eigenvalue weighted by Crippen LogP contribution is 2.26. The number of sulfonamides is 1. The Balaban J connectivity index is 1.59. The Hall–Kier alpha value is -1.74. The maximum absolute atomic E-state index is 12.7. The average Bonchev–Trinajstić information content (AvgIpc) is 3.25. The molecule has 3 heterocycles. The number of hydrogen-bond acceptors (Lipinski definition) is 5. The molecule has 0 bridgehead atoms. The van der Waals surface area contributed by atoms with Crippen LogP contribution in [0.3, 0.4) is 0 Å². The minimum Gasteiger partial charge on any atom is -0.379 e. The second kappa shape index (κ2) is 5.72. The van der Waals surface area contributed by atoms with E-state index in [9.17, 15) is 8.42 Å². The van der Waals surface area contributed by atoms with Crippen molar-refractivity contribution in [2.24, 2.45) is 0 Å². The fourth-order valence-electron chi connectivity index (χ4n) is 2.83. The summed E-state index contributed by atoms with van der Waals surface area (Å²) >= 11 is 0. The van der Waals surface area contributed by atoms with Gasteiger partial charge in [0.1, 0.15) is 4.90 Å². The van der Waals surface area contributed by atoms with Crippen molar-refractivity contribution in [1.29, 1.82) is 0 Å². The normalized spacial score (nSPS) is 22.2. The van der Waals surface area contributed by atoms with Gasteiger partial charge in [0.2, 0.25) is 0 Å². The molecule has 0 radical (unpaired) electrons. The molecule has 1 atom stereocenters. The van der Waals surface area contributed by atoms with E-state index in [2.05, 4.69) is 5.10 Å². The number of rotatable bonds is 3. The lowest BCUT2D eigenvalue weighted by atomic mass is 10.1. The zero-order chi connectivity index (χ0) is 15.9. The molecule has 0 spiro atoms. The van der Waals surface area contributed by atoms with Crippen molar-refractivity contribution < 1.29 is 18.0 Å². The monoisotopic (exact) mass is 335 g/mol. The van der Waals surface area contributed by atoms with Gasteiger partial charge >= 0.3 is 0 Å². The van der Waals surface area contributed by atoms with Crippen LogP contribution >= 0.6 is 0 Å². The fourth-order valence-corrected chi connectivity index (χ4v) is 3.99. The summed E-state index contributed by atoms with van der Waals surface area (Å²) in [6.07, 6.45) is 3.77. The van der Waals surface area contributed by atoms with E-state index < -0.39 is 10.0 Å². The Morgan fingerprint density at radius 1 is 1.22 bits per heavy atom. The lowest BCUT2D eigenvalue weighted by Gasteiger charge is -2.26. The van der Waals surface area contributed by atoms with Crippen molar-refractivity contribution in [2.45, 2.75) is 30.5 Å². The number of fused-ring (bicyclic) bond motifs is 1. The number of benzene rings is 1. The lowest BCUT2D eigenvalue weighted by Crippen LogP contribution is -2.34. The van der Waals surface area contributed by atoms with Gasteiger partial charge in [-0.25, -0.2) is 8.42 Å². The minimum absolute atomic E-state index is 0.0990. The van der Waals surface area contributed by atoms with Gasteiger partial charge in [0.05, 0.1) is 32.0 Å². The smallest absolute Gasteiger partial charge is 0.268 e. The summed E-state index contributed by atoms with van der Waals surface area (Å²) in [5.41, 5.74) is 1.97. The second-order valence-corrected chi connectivity index (χ2v) is 7.51. The second-order valence-electron chi connectivity index (χ2n) is 5.68. The third-order valence-electron chi connectivity index (χ3n) is 4.21. The predicted octanol–water partition coefficient (Wildman–Crippen LogP) is 1.48. The van der Waals surface area contributed by atoms with Gasteiger partial charge in [0, 0.05) is 12.8 Å². The number of ether oxygens (including phenoxy) is 1. The zero-order valence-corrected chi connectivity index (χ0v) is 13.3. The van der Waals surface area contributed by atoms with Gasteiger partial charge in [-0.1, -0.05) is 28.7 Å². The molecule has 0 N–H and O–H groups in total. The van der Waals surface area contributed by atoms with Crippen LogP contribution in [0.15, 0.2) is 41.6 Å². The van der Waals surface area contributed by atoms with Gasteiger partial charge in [0.25, 0.3) is 10.0 Å². The van der Waals surface area contributed by atoms with E-state index in [-0.39, 0.29) is 24.1 Å². The molecule has 2 aliphatic heterocycles. The summed E-state index contributed by atoms with van der Waals surface area (Å²) in [6, 6.07) is 7.77. The van der Waals surface area contributed by atoms with Crippen LogP contribution in [0.2, 0.25) is 0 Å². The first kappa shape index (κ1) is 14.8. The standard InChI is InChI=1S/C15H17N3O4S/c19-23(20,15-7-16-17(9-15)14-5-6-21-11-14)18-8-12-3-1-2-4-13(12)10-22-18/h1-4,7,9,14H,5-6,8,10-11H2. The molecule has 1 unspecified atom stereocenters. The van der Waals surface area contributed by atoms with Crippen LogP contribution in [0.5, 0.6) is 0 Å². The molecule has 1 fully saturated rings. The number of nitrogens with zero attached hydrogens (tertiary/aromatic N) is 3. The summed E-state index contributed by atoms with van der Waals surface area (Å²) in [4.78, 5) is 5.58. The lowest BCUT2D eigenvalue weighted by molar-refractivity contribution is -0.114. The van der Waals surface area contributed by atoms with Crippen molar-refractivity contribution in [2.75, 3.05) is 13.2 Å². The molecule has 1 aromatic heterocycles. The molecule has 0 amide bonds. The van der Waals surface area contributed by atoms with E-state index in [1.807, 2.05) is 24.3 Å². The summed E-state index contributed by atoms with van der Waals surface area (Å²) in [6.45, 7) is 1.70. The minimum atomic E-state index is -3.73. The van der Waals surface area contributed by atoms with Crippen molar-refractivity contribution in [3.05, 3.63) is 47.8 Å². The van der Waals surface area contributed by atoms with Gasteiger partial charge in [-0.15, -0.1) is 0 Å². The molecule has 0 aliphatic carbocycles. The van der Waals surface area contributed by atoms with Crippen molar-refractivity contribution in [1.82, 2.24) is 14.2 Å². The van der Waals surface area contributed by atoms with Crippen LogP contribution in [0.4, 0.5) is 0 Å². The summed E-state index contributed by atoms with van der Waals surface area (Å²) in [5, 5.41) is 4.18. The van der Waals surface area contributed by atoms with Crippen LogP contribution < -0.4 is 0 Å². The summed E-state index contributed by atoms with van der Waals surface area (Å²) in [5.74, 6) is 0. The molecule has 4 rings (SSSR count). The number of hydrogen-bond donors (Lipinski definition) is 0. The molecule has 1 aromatic carbocycles. The van der Waals surface area contributed by atoms with Gasteiger partial charge in [-0.2, -0.15) is 5.10 Å². The average molecular weight is 335 g/mol. The van der Waals surface area contributed by atoms with Crippen LogP contribution in [0, 0.1) is 0 Å². The fraction of sp³-hybridized carbons (Fsp3) is 0.400. The maximum Gasteiger partial charge on any atom is 0.268 e. The van der Waals surface area contributed by atoms with Crippen LogP contribution in [-0.4, -0.2) is 35.9 Å². The number of aromatic nitrogens is 2. The van der Waals surface area contributed by atoms with E-state index >= 15 is 0 Å². The first-order valence-electron chi connectivity index (χ1n) is 7.49. The topological polar surface area (TPSA) is 73.7 Å². The molecule has 23 heavy (non-hydrogen) atoms. The predicted molar refractivity (Wildman–Crippen MR) is 80.7 cm³/mol. The first-order chi connectivity index (χ1) is 11.1. The first-order valence-corrected chi connectivity index (χ1v) is 8.93. The molecular formula is C15H17N3O4S. The van der Waals surface area contributed by atoms with Crippen molar-refractivity contribution >= 4 is 10.0 Å². The van der Waals surface area contributed by atoms with E-state index in [1.165, 1.54) is 6.20 Å². The molecule has 7 nitrogen and oxygen atoms in total.